The molecular formula is C15H25N3O2. The Bertz CT molecular complexity index is 442. The molecule has 20 heavy (non-hydrogen) atoms. The van der Waals surface area contributed by atoms with Crippen LogP contribution >= 0.6 is 0 Å². The maximum Gasteiger partial charge on any atom is 0.225 e. The lowest BCUT2D eigenvalue weighted by molar-refractivity contribution is -0.133. The predicted octanol–water partition coefficient (Wildman–Crippen LogP) is 2.14. The van der Waals surface area contributed by atoms with Crippen LogP contribution in [0.4, 0.5) is 0 Å². The summed E-state index contributed by atoms with van der Waals surface area (Å²) in [5.74, 6) is 0.802. The predicted molar refractivity (Wildman–Crippen MR) is 77.2 cm³/mol. The fourth-order valence-electron chi connectivity index (χ4n) is 2.67. The zero-order valence-corrected chi connectivity index (χ0v) is 12.7. The van der Waals surface area contributed by atoms with Crippen molar-refractivity contribution in [2.24, 2.45) is 5.92 Å². The van der Waals surface area contributed by atoms with E-state index in [0.717, 1.165) is 30.6 Å². The number of ether oxygens (including phenoxy) is 1. The Hall–Kier alpha value is -1.36. The molecule has 0 radical (unpaired) electrons. The molecule has 0 bridgehead atoms. The van der Waals surface area contributed by atoms with E-state index in [1.807, 2.05) is 11.1 Å². The normalized spacial score (nSPS) is 16.3. The van der Waals surface area contributed by atoms with Crippen molar-refractivity contribution >= 4 is 5.91 Å². The number of hydrogen-bond acceptors (Lipinski definition) is 3. The van der Waals surface area contributed by atoms with Gasteiger partial charge in [0.1, 0.15) is 0 Å². The van der Waals surface area contributed by atoms with Crippen molar-refractivity contribution in [3.05, 3.63) is 17.5 Å². The zero-order valence-electron chi connectivity index (χ0n) is 12.7. The van der Waals surface area contributed by atoms with E-state index in [0.29, 0.717) is 25.5 Å². The van der Waals surface area contributed by atoms with E-state index in [-0.39, 0.29) is 12.0 Å². The van der Waals surface area contributed by atoms with Gasteiger partial charge in [-0.1, -0.05) is 13.8 Å². The SMILES string of the molecule is CC(C)C[C@@H](C)OCCC(=O)N1CCc2[nH]ncc2C1. The molecule has 1 aliphatic heterocycles. The Balaban J connectivity index is 1.71. The Morgan fingerprint density at radius 1 is 1.50 bits per heavy atom. The van der Waals surface area contributed by atoms with Crippen molar-refractivity contribution in [2.45, 2.75) is 52.7 Å². The highest BCUT2D eigenvalue weighted by atomic mass is 16.5. The number of fused-ring (bicyclic) bond motifs is 1. The third-order valence-electron chi connectivity index (χ3n) is 3.67. The minimum Gasteiger partial charge on any atom is -0.378 e. The monoisotopic (exact) mass is 279 g/mol. The molecule has 0 unspecified atom stereocenters. The van der Waals surface area contributed by atoms with Gasteiger partial charge < -0.3 is 9.64 Å². The van der Waals surface area contributed by atoms with Gasteiger partial charge in [-0.15, -0.1) is 0 Å². The van der Waals surface area contributed by atoms with E-state index in [1.165, 1.54) is 0 Å². The first-order valence-corrected chi connectivity index (χ1v) is 7.46. The fourth-order valence-corrected chi connectivity index (χ4v) is 2.67. The summed E-state index contributed by atoms with van der Waals surface area (Å²) in [5.41, 5.74) is 2.30. The number of rotatable bonds is 6. The molecule has 0 saturated carbocycles. The van der Waals surface area contributed by atoms with Gasteiger partial charge in [-0.3, -0.25) is 9.89 Å². The van der Waals surface area contributed by atoms with Gasteiger partial charge in [0.2, 0.25) is 5.91 Å². The summed E-state index contributed by atoms with van der Waals surface area (Å²) in [6.45, 7) is 8.40. The molecule has 1 aromatic heterocycles. The number of hydrogen-bond donors (Lipinski definition) is 1. The number of H-pyrrole nitrogens is 1. The van der Waals surface area contributed by atoms with Crippen molar-refractivity contribution in [1.82, 2.24) is 15.1 Å². The zero-order chi connectivity index (χ0) is 14.5. The van der Waals surface area contributed by atoms with Crippen LogP contribution in [0, 0.1) is 5.92 Å². The van der Waals surface area contributed by atoms with Gasteiger partial charge in [0.25, 0.3) is 0 Å². The molecule has 5 heteroatoms. The van der Waals surface area contributed by atoms with E-state index < -0.39 is 0 Å². The second-order valence-electron chi connectivity index (χ2n) is 6.00. The Morgan fingerprint density at radius 2 is 2.30 bits per heavy atom. The van der Waals surface area contributed by atoms with Crippen molar-refractivity contribution in [3.8, 4) is 0 Å². The minimum absolute atomic E-state index is 0.175. The Labute approximate surface area is 120 Å². The first kappa shape index (κ1) is 15.0. The van der Waals surface area contributed by atoms with Crippen LogP contribution < -0.4 is 0 Å². The van der Waals surface area contributed by atoms with Gasteiger partial charge in [-0.05, 0) is 19.3 Å². The van der Waals surface area contributed by atoms with Crippen molar-refractivity contribution in [2.75, 3.05) is 13.2 Å². The smallest absolute Gasteiger partial charge is 0.225 e. The fraction of sp³-hybridized carbons (Fsp3) is 0.733. The Kier molecular flexibility index (Phi) is 5.17. The highest BCUT2D eigenvalue weighted by molar-refractivity contribution is 5.76. The Morgan fingerprint density at radius 3 is 3.05 bits per heavy atom. The summed E-state index contributed by atoms with van der Waals surface area (Å²) < 4.78 is 5.70. The van der Waals surface area contributed by atoms with Gasteiger partial charge >= 0.3 is 0 Å². The maximum atomic E-state index is 12.1. The summed E-state index contributed by atoms with van der Waals surface area (Å²) in [5, 5.41) is 7.00. The molecule has 0 fully saturated rings. The molecule has 2 heterocycles. The second kappa shape index (κ2) is 6.88. The summed E-state index contributed by atoms with van der Waals surface area (Å²) >= 11 is 0. The number of nitrogens with one attached hydrogen (secondary N) is 1. The van der Waals surface area contributed by atoms with Crippen LogP contribution in [0.25, 0.3) is 0 Å². The minimum atomic E-state index is 0.175. The van der Waals surface area contributed by atoms with Crippen LogP contribution in [0.1, 0.15) is 44.9 Å². The third-order valence-corrected chi connectivity index (χ3v) is 3.67. The van der Waals surface area contributed by atoms with Crippen LogP contribution in [-0.4, -0.2) is 40.3 Å². The molecule has 112 valence electrons. The first-order valence-electron chi connectivity index (χ1n) is 7.46. The number of carbonyl (C=O) groups is 1. The van der Waals surface area contributed by atoms with E-state index >= 15 is 0 Å². The topological polar surface area (TPSA) is 58.2 Å². The molecule has 5 nitrogen and oxygen atoms in total. The van der Waals surface area contributed by atoms with Crippen LogP contribution in [0.3, 0.4) is 0 Å². The largest absolute Gasteiger partial charge is 0.378 e. The molecule has 0 spiro atoms. The standard InChI is InChI=1S/C15H25N3O2/c1-11(2)8-12(3)20-7-5-15(19)18-6-4-14-13(10-18)9-16-17-14/h9,11-12H,4-8,10H2,1-3H3,(H,16,17)/t12-/m1/s1. The molecule has 0 aromatic carbocycles. The molecule has 1 atom stereocenters. The molecule has 0 saturated heterocycles. The van der Waals surface area contributed by atoms with Crippen molar-refractivity contribution in [1.29, 1.82) is 0 Å². The quantitative estimate of drug-likeness (QED) is 0.868. The van der Waals surface area contributed by atoms with Gasteiger partial charge in [0, 0.05) is 30.8 Å². The van der Waals surface area contributed by atoms with E-state index in [1.54, 1.807) is 0 Å². The van der Waals surface area contributed by atoms with Crippen LogP contribution in [0.15, 0.2) is 6.20 Å². The first-order chi connectivity index (χ1) is 9.56. The summed E-state index contributed by atoms with van der Waals surface area (Å²) in [6.07, 6.45) is 4.41. The number of nitrogens with zero attached hydrogens (tertiary/aromatic N) is 2. The van der Waals surface area contributed by atoms with Crippen LogP contribution in [-0.2, 0) is 22.5 Å². The summed E-state index contributed by atoms with van der Waals surface area (Å²) in [4.78, 5) is 14.0. The molecule has 1 aromatic rings. The van der Waals surface area contributed by atoms with Crippen LogP contribution in [0.5, 0.6) is 0 Å². The molecule has 1 amide bonds. The van der Waals surface area contributed by atoms with Gasteiger partial charge in [-0.25, -0.2) is 0 Å². The lowest BCUT2D eigenvalue weighted by atomic mass is 10.1. The van der Waals surface area contributed by atoms with E-state index in [4.69, 9.17) is 4.74 Å². The van der Waals surface area contributed by atoms with Gasteiger partial charge in [0.05, 0.1) is 25.3 Å². The van der Waals surface area contributed by atoms with Gasteiger partial charge in [0.15, 0.2) is 0 Å². The van der Waals surface area contributed by atoms with E-state index in [9.17, 15) is 4.79 Å². The average molecular weight is 279 g/mol. The number of aromatic nitrogens is 2. The summed E-state index contributed by atoms with van der Waals surface area (Å²) in [6, 6.07) is 0. The highest BCUT2D eigenvalue weighted by Gasteiger charge is 2.21. The van der Waals surface area contributed by atoms with Gasteiger partial charge in [-0.2, -0.15) is 5.10 Å². The lowest BCUT2D eigenvalue weighted by Crippen LogP contribution is -2.36. The third kappa shape index (κ3) is 4.07. The number of aromatic amines is 1. The van der Waals surface area contributed by atoms with Crippen molar-refractivity contribution < 1.29 is 9.53 Å². The lowest BCUT2D eigenvalue weighted by Gasteiger charge is -2.26. The van der Waals surface area contributed by atoms with Crippen molar-refractivity contribution in [3.63, 3.8) is 0 Å². The molecule has 2 rings (SSSR count). The second-order valence-corrected chi connectivity index (χ2v) is 6.00. The molecular weight excluding hydrogens is 254 g/mol. The highest BCUT2D eigenvalue weighted by Crippen LogP contribution is 2.16. The maximum absolute atomic E-state index is 12.1. The average Bonchev–Trinajstić information content (AvgIpc) is 2.84. The van der Waals surface area contributed by atoms with Crippen LogP contribution in [0.2, 0.25) is 0 Å². The number of carbonyl (C=O) groups excluding carboxylic acids is 1. The number of amides is 1. The molecule has 0 aliphatic carbocycles. The molecule has 1 N–H and O–H groups in total. The summed E-state index contributed by atoms with van der Waals surface area (Å²) in [7, 11) is 0. The van der Waals surface area contributed by atoms with E-state index in [2.05, 4.69) is 31.0 Å². The molecule has 1 aliphatic rings.